The normalized spacial score (nSPS) is 11.3. The topological polar surface area (TPSA) is 38.9 Å². The van der Waals surface area contributed by atoms with Crippen molar-refractivity contribution < 1.29 is 32.7 Å². The molecule has 1 radical (unpaired) electrons. The predicted molar refractivity (Wildman–Crippen MR) is 178 cm³/mol. The van der Waals surface area contributed by atoms with Gasteiger partial charge in [0.2, 0.25) is 0 Å². The van der Waals surface area contributed by atoms with Crippen LogP contribution < -0.4 is 0 Å². The van der Waals surface area contributed by atoms with Gasteiger partial charge in [-0.2, -0.15) is 10.2 Å². The van der Waals surface area contributed by atoms with Gasteiger partial charge in [0, 0.05) is 63.9 Å². The summed E-state index contributed by atoms with van der Waals surface area (Å²) >= 11 is 0. The van der Waals surface area contributed by atoms with Crippen LogP contribution in [0.25, 0.3) is 0 Å². The Bertz CT molecular complexity index is 976. The van der Waals surface area contributed by atoms with E-state index < -0.39 is 0 Å². The maximum absolute atomic E-state index is 4.10. The van der Waals surface area contributed by atoms with Crippen LogP contribution in [0.2, 0.25) is 0 Å². The van der Waals surface area contributed by atoms with Crippen molar-refractivity contribution in [2.45, 2.75) is 119 Å². The number of aryl methyl sites for hydroxylation is 1. The summed E-state index contributed by atoms with van der Waals surface area (Å²) in [4.78, 5) is 2.22. The van der Waals surface area contributed by atoms with Crippen molar-refractivity contribution in [3.8, 4) is 0 Å². The quantitative estimate of drug-likeness (QED) is 0.262. The molecule has 0 aliphatic rings. The maximum atomic E-state index is 4.10. The molecule has 0 spiro atoms. The molecule has 0 fully saturated rings. The van der Waals surface area contributed by atoms with E-state index in [1.807, 2.05) is 48.7 Å². The smallest absolute Gasteiger partial charge is 0.0543 e. The van der Waals surface area contributed by atoms with Crippen LogP contribution in [0.15, 0.2) is 61.2 Å². The molecule has 2 heterocycles. The van der Waals surface area contributed by atoms with Gasteiger partial charge >= 0.3 is 0 Å². The van der Waals surface area contributed by atoms with E-state index in [2.05, 4.69) is 149 Å². The van der Waals surface area contributed by atoms with Gasteiger partial charge in [-0.05, 0) is 69.6 Å². The second-order valence-electron chi connectivity index (χ2n) is 13.5. The molecule has 0 atom stereocenters. The van der Waals surface area contributed by atoms with Gasteiger partial charge in [0.05, 0.1) is 11.7 Å². The number of benzene rings is 1. The fourth-order valence-corrected chi connectivity index (χ4v) is 3.19. The largest absolute Gasteiger partial charge is 0.358 e. The van der Waals surface area contributed by atoms with Crippen molar-refractivity contribution in [3.63, 3.8) is 0 Å². The van der Waals surface area contributed by atoms with Crippen LogP contribution in [0.4, 0.5) is 0 Å². The van der Waals surface area contributed by atoms with Crippen LogP contribution in [-0.2, 0) is 56.1 Å². The summed E-state index contributed by atoms with van der Waals surface area (Å²) in [5.41, 5.74) is 3.56. The predicted octanol–water partition coefficient (Wildman–Crippen LogP) is 9.12. The average Bonchev–Trinajstić information content (AvgIpc) is 3.54. The summed E-state index contributed by atoms with van der Waals surface area (Å²) in [5, 5.41) is 8.20. The maximum Gasteiger partial charge on any atom is 0.0543 e. The van der Waals surface area contributed by atoms with E-state index in [9.17, 15) is 0 Å². The van der Waals surface area contributed by atoms with Crippen molar-refractivity contribution in [1.82, 2.24) is 24.5 Å². The molecule has 0 aliphatic carbocycles. The van der Waals surface area contributed by atoms with Crippen molar-refractivity contribution in [1.29, 1.82) is 0 Å². The summed E-state index contributed by atoms with van der Waals surface area (Å²) in [5.74, 6) is 0. The molecule has 41 heavy (non-hydrogen) atoms. The summed E-state index contributed by atoms with van der Waals surface area (Å²) in [7, 11) is 1.94. The van der Waals surface area contributed by atoms with E-state index in [1.165, 1.54) is 11.1 Å². The summed E-state index contributed by atoms with van der Waals surface area (Å²) in [6, 6.07) is 12.5. The molecule has 0 aliphatic heterocycles. The summed E-state index contributed by atoms with van der Waals surface area (Å²) in [6.45, 7) is 39.4. The Morgan fingerprint density at radius 2 is 1.17 bits per heavy atom. The van der Waals surface area contributed by atoms with E-state index in [0.717, 1.165) is 13.1 Å². The Morgan fingerprint density at radius 1 is 0.707 bits per heavy atom. The minimum atomic E-state index is 0. The molecule has 0 N–H and O–H groups in total. The molecule has 0 saturated heterocycles. The van der Waals surface area contributed by atoms with Gasteiger partial charge in [-0.15, -0.1) is 13.1 Å². The first kappa shape index (κ1) is 44.1. The van der Waals surface area contributed by atoms with E-state index in [0.29, 0.717) is 5.41 Å². The van der Waals surface area contributed by atoms with Crippen LogP contribution in [-0.4, -0.2) is 43.1 Å². The molecule has 5 nitrogen and oxygen atoms in total. The van der Waals surface area contributed by atoms with Crippen LogP contribution in [0.3, 0.4) is 0 Å². The first-order valence-electron chi connectivity index (χ1n) is 14.6. The summed E-state index contributed by atoms with van der Waals surface area (Å²) < 4.78 is 3.77. The van der Waals surface area contributed by atoms with Gasteiger partial charge in [0.25, 0.3) is 0 Å². The average molecular weight is 643 g/mol. The molecule has 2 aromatic heterocycles. The van der Waals surface area contributed by atoms with Gasteiger partial charge in [-0.25, -0.2) is 0 Å². The van der Waals surface area contributed by atoms with Crippen molar-refractivity contribution in [2.24, 2.45) is 7.05 Å². The Balaban J connectivity index is -0.000000457. The summed E-state index contributed by atoms with van der Waals surface area (Å²) in [6.07, 6.45) is 7.74. The van der Waals surface area contributed by atoms with Crippen molar-refractivity contribution >= 4 is 0 Å². The zero-order valence-electron chi connectivity index (χ0n) is 29.4. The fraction of sp³-hybridized carbons (Fsp3) is 0.600. The molecule has 3 rings (SSSR count). The van der Waals surface area contributed by atoms with Gasteiger partial charge < -0.3 is 18.7 Å². The Hall–Kier alpha value is -1.30. The molecule has 233 valence electrons. The zero-order chi connectivity index (χ0) is 31.8. The first-order valence-corrected chi connectivity index (χ1v) is 14.6. The Labute approximate surface area is 280 Å². The third-order valence-corrected chi connectivity index (χ3v) is 5.89. The van der Waals surface area contributed by atoms with Gasteiger partial charge in [0.15, 0.2) is 0 Å². The molecule has 3 aromatic rings. The van der Waals surface area contributed by atoms with Crippen LogP contribution in [0.1, 0.15) is 108 Å². The molecule has 0 bridgehead atoms. The van der Waals surface area contributed by atoms with Crippen LogP contribution in [0, 0.1) is 13.8 Å². The minimum absolute atomic E-state index is 0. The molecule has 6 heteroatoms. The first-order chi connectivity index (χ1) is 18.2. The van der Waals surface area contributed by atoms with Crippen molar-refractivity contribution in [2.75, 3.05) is 13.1 Å². The molecular formula is C35H63N5Y-2. The monoisotopic (exact) mass is 642 g/mol. The van der Waals surface area contributed by atoms with E-state index in [-0.39, 0.29) is 49.2 Å². The number of aromatic nitrogens is 4. The molecule has 0 saturated carbocycles. The van der Waals surface area contributed by atoms with E-state index >= 15 is 0 Å². The third-order valence-electron chi connectivity index (χ3n) is 5.89. The van der Waals surface area contributed by atoms with E-state index in [4.69, 9.17) is 0 Å². The molecule has 1 aromatic carbocycles. The van der Waals surface area contributed by atoms with E-state index in [1.54, 1.807) is 6.20 Å². The molecular weight excluding hydrogens is 579 g/mol. The second kappa shape index (κ2) is 20.6. The number of hydrogen-bond acceptors (Lipinski definition) is 3. The minimum Gasteiger partial charge on any atom is -0.358 e. The van der Waals surface area contributed by atoms with Crippen molar-refractivity contribution in [3.05, 3.63) is 86.2 Å². The van der Waals surface area contributed by atoms with Gasteiger partial charge in [-0.1, -0.05) is 85.7 Å². The molecule has 0 unspecified atom stereocenters. The standard InChI is InChI=1S/C10H14.C8H14N2.C8H17N.C7H12N2.C2H6.Y/c1-10(2,3)9-7-5-4-6-8-9;1-8(2,3)7-5-9-10(4)6-7;1-6-9(7-2)8(3,4)5;1-7(2,3)9-6-4-5-8-9;1-2;/h4-8H,1-3H3;5-6H,1-4H3;1-2,6-7H2,3-5H3;4-6H,1-3H3;1-2H3;/q;;-2;;;. The number of hydrogen-bond donors (Lipinski definition) is 0. The Kier molecular flexibility index (Phi) is 22.2. The third kappa shape index (κ3) is 20.3. The zero-order valence-corrected chi connectivity index (χ0v) is 32.3. The van der Waals surface area contributed by atoms with Crippen LogP contribution >= 0.6 is 0 Å². The second-order valence-corrected chi connectivity index (χ2v) is 13.5. The van der Waals surface area contributed by atoms with Gasteiger partial charge in [-0.3, -0.25) is 9.36 Å². The number of nitrogens with zero attached hydrogens (tertiary/aromatic N) is 5. The SMILES string of the molecule is CC.CC(C)(C)c1ccccc1.CC(C)(C)n1cccn1.Cn1cc(C(C)(C)C)cn1.[CH2-]CN(C[CH2-])C(C)(C)C.[Y]. The fourth-order valence-electron chi connectivity index (χ4n) is 3.19. The van der Waals surface area contributed by atoms with Gasteiger partial charge in [0.1, 0.15) is 0 Å². The van der Waals surface area contributed by atoms with Crippen LogP contribution in [0.5, 0.6) is 0 Å². The molecule has 0 amide bonds. The number of rotatable bonds is 2. The Morgan fingerprint density at radius 3 is 1.34 bits per heavy atom.